The first-order valence-corrected chi connectivity index (χ1v) is 10.4. The molecule has 0 aliphatic carbocycles. The highest BCUT2D eigenvalue weighted by atomic mass is 19.1. The first-order valence-electron chi connectivity index (χ1n) is 10.4. The predicted octanol–water partition coefficient (Wildman–Crippen LogP) is 4.24. The summed E-state index contributed by atoms with van der Waals surface area (Å²) < 4.78 is 29.2. The Morgan fingerprint density at radius 3 is 2.06 bits per heavy atom. The highest BCUT2D eigenvalue weighted by molar-refractivity contribution is 6.36. The SMILES string of the molecule is COc1ccc(C2=C(Nc3ccc(OC)cc3OC)C(=O)N(Cc3ccc(F)cc3)C2=O)cc1. The lowest BCUT2D eigenvalue weighted by Gasteiger charge is -2.16. The van der Waals surface area contributed by atoms with Crippen molar-refractivity contribution < 1.29 is 28.2 Å². The molecule has 1 N–H and O–H groups in total. The zero-order valence-electron chi connectivity index (χ0n) is 18.9. The van der Waals surface area contributed by atoms with Crippen molar-refractivity contribution in [3.63, 3.8) is 0 Å². The Morgan fingerprint density at radius 1 is 0.794 bits per heavy atom. The van der Waals surface area contributed by atoms with Crippen molar-refractivity contribution in [3.8, 4) is 17.2 Å². The molecular weight excluding hydrogens is 439 g/mol. The van der Waals surface area contributed by atoms with Gasteiger partial charge in [0, 0.05) is 6.07 Å². The van der Waals surface area contributed by atoms with Crippen molar-refractivity contribution in [3.05, 3.63) is 89.4 Å². The smallest absolute Gasteiger partial charge is 0.278 e. The van der Waals surface area contributed by atoms with Gasteiger partial charge in [-0.1, -0.05) is 24.3 Å². The summed E-state index contributed by atoms with van der Waals surface area (Å²) in [6.07, 6.45) is 0. The molecule has 3 aromatic carbocycles. The Morgan fingerprint density at radius 2 is 1.44 bits per heavy atom. The molecule has 1 aliphatic heterocycles. The van der Waals surface area contributed by atoms with Gasteiger partial charge in [0.2, 0.25) is 0 Å². The molecule has 0 fully saturated rings. The van der Waals surface area contributed by atoms with Crippen LogP contribution in [-0.2, 0) is 16.1 Å². The molecule has 4 rings (SSSR count). The first kappa shape index (κ1) is 22.8. The maximum Gasteiger partial charge on any atom is 0.278 e. The first-order chi connectivity index (χ1) is 16.4. The fourth-order valence-corrected chi connectivity index (χ4v) is 3.67. The van der Waals surface area contributed by atoms with E-state index in [1.807, 2.05) is 0 Å². The topological polar surface area (TPSA) is 77.1 Å². The summed E-state index contributed by atoms with van der Waals surface area (Å²) >= 11 is 0. The van der Waals surface area contributed by atoms with E-state index in [0.29, 0.717) is 34.1 Å². The van der Waals surface area contributed by atoms with Crippen LogP contribution in [0.4, 0.5) is 10.1 Å². The third-order valence-electron chi connectivity index (χ3n) is 5.47. The Balaban J connectivity index is 1.75. The third kappa shape index (κ3) is 4.43. The molecule has 0 spiro atoms. The van der Waals surface area contributed by atoms with E-state index in [0.717, 1.165) is 4.90 Å². The van der Waals surface area contributed by atoms with E-state index in [9.17, 15) is 14.0 Å². The molecule has 3 aromatic rings. The molecule has 0 atom stereocenters. The lowest BCUT2D eigenvalue weighted by Crippen LogP contribution is -2.32. The second kappa shape index (κ2) is 9.66. The van der Waals surface area contributed by atoms with Gasteiger partial charge in [0.15, 0.2) is 0 Å². The molecule has 0 radical (unpaired) electrons. The van der Waals surface area contributed by atoms with Crippen LogP contribution in [0.25, 0.3) is 5.57 Å². The summed E-state index contributed by atoms with van der Waals surface area (Å²) in [6.45, 7) is 0.00251. The quantitative estimate of drug-likeness (QED) is 0.505. The number of benzene rings is 3. The van der Waals surface area contributed by atoms with Crippen LogP contribution in [0.1, 0.15) is 11.1 Å². The van der Waals surface area contributed by atoms with E-state index >= 15 is 0 Å². The number of methoxy groups -OCH3 is 3. The molecule has 0 saturated heterocycles. The minimum Gasteiger partial charge on any atom is -0.497 e. The molecule has 0 bridgehead atoms. The van der Waals surface area contributed by atoms with E-state index in [2.05, 4.69) is 5.32 Å². The van der Waals surface area contributed by atoms with Gasteiger partial charge in [-0.05, 0) is 47.5 Å². The van der Waals surface area contributed by atoms with Crippen molar-refractivity contribution in [2.24, 2.45) is 0 Å². The van der Waals surface area contributed by atoms with Crippen LogP contribution in [-0.4, -0.2) is 38.0 Å². The number of carbonyl (C=O) groups is 2. The Kier molecular flexibility index (Phi) is 6.49. The van der Waals surface area contributed by atoms with E-state index in [-0.39, 0.29) is 17.8 Å². The van der Waals surface area contributed by atoms with Crippen molar-refractivity contribution >= 4 is 23.1 Å². The minimum absolute atomic E-state index is 0.00251. The molecule has 2 amide bonds. The highest BCUT2D eigenvalue weighted by Gasteiger charge is 2.39. The molecular formula is C26H23FN2O5. The number of hydrogen-bond donors (Lipinski definition) is 1. The zero-order chi connectivity index (χ0) is 24.2. The fraction of sp³-hybridized carbons (Fsp3) is 0.154. The summed E-state index contributed by atoms with van der Waals surface area (Å²) in [4.78, 5) is 28.0. The van der Waals surface area contributed by atoms with E-state index in [1.165, 1.54) is 19.2 Å². The number of anilines is 1. The van der Waals surface area contributed by atoms with Crippen molar-refractivity contribution in [1.29, 1.82) is 0 Å². The molecule has 0 aromatic heterocycles. The third-order valence-corrected chi connectivity index (χ3v) is 5.47. The van der Waals surface area contributed by atoms with Gasteiger partial charge in [-0.3, -0.25) is 14.5 Å². The molecule has 0 saturated carbocycles. The van der Waals surface area contributed by atoms with Crippen molar-refractivity contribution in [2.45, 2.75) is 6.54 Å². The largest absolute Gasteiger partial charge is 0.497 e. The molecule has 1 heterocycles. The summed E-state index contributed by atoms with van der Waals surface area (Å²) in [6, 6.07) is 17.6. The van der Waals surface area contributed by atoms with Gasteiger partial charge in [-0.25, -0.2) is 4.39 Å². The summed E-state index contributed by atoms with van der Waals surface area (Å²) in [5.74, 6) is 0.286. The molecule has 174 valence electrons. The number of rotatable bonds is 8. The van der Waals surface area contributed by atoms with E-state index in [4.69, 9.17) is 14.2 Å². The maximum absolute atomic E-state index is 13.4. The summed E-state index contributed by atoms with van der Waals surface area (Å²) in [5, 5.41) is 3.09. The lowest BCUT2D eigenvalue weighted by molar-refractivity contribution is -0.137. The second-order valence-corrected chi connectivity index (χ2v) is 7.49. The van der Waals surface area contributed by atoms with Gasteiger partial charge in [0.25, 0.3) is 11.8 Å². The van der Waals surface area contributed by atoms with Gasteiger partial charge in [0.05, 0.1) is 39.1 Å². The number of ether oxygens (including phenoxy) is 3. The minimum atomic E-state index is -0.502. The van der Waals surface area contributed by atoms with Gasteiger partial charge < -0.3 is 19.5 Å². The lowest BCUT2D eigenvalue weighted by atomic mass is 10.0. The molecule has 34 heavy (non-hydrogen) atoms. The highest BCUT2D eigenvalue weighted by Crippen LogP contribution is 2.36. The molecule has 1 aliphatic rings. The van der Waals surface area contributed by atoms with Gasteiger partial charge in [-0.15, -0.1) is 0 Å². The Hall–Kier alpha value is -4.33. The van der Waals surface area contributed by atoms with Crippen LogP contribution in [0.2, 0.25) is 0 Å². The fourth-order valence-electron chi connectivity index (χ4n) is 3.67. The Labute approximate surface area is 196 Å². The van der Waals surface area contributed by atoms with Crippen LogP contribution in [0, 0.1) is 5.82 Å². The van der Waals surface area contributed by atoms with Crippen LogP contribution in [0.5, 0.6) is 17.2 Å². The number of carbonyl (C=O) groups excluding carboxylic acids is 2. The second-order valence-electron chi connectivity index (χ2n) is 7.49. The van der Waals surface area contributed by atoms with Gasteiger partial charge in [-0.2, -0.15) is 0 Å². The number of amides is 2. The average Bonchev–Trinajstić information content (AvgIpc) is 3.09. The van der Waals surface area contributed by atoms with E-state index < -0.39 is 17.6 Å². The predicted molar refractivity (Wildman–Crippen MR) is 125 cm³/mol. The Bertz CT molecular complexity index is 1250. The van der Waals surface area contributed by atoms with Crippen molar-refractivity contribution in [1.82, 2.24) is 4.90 Å². The van der Waals surface area contributed by atoms with Crippen molar-refractivity contribution in [2.75, 3.05) is 26.6 Å². The average molecular weight is 462 g/mol. The standard InChI is InChI=1S/C26H23FN2O5/c1-32-19-10-6-17(7-11-19)23-24(28-21-13-12-20(33-2)14-22(21)34-3)26(31)29(25(23)30)15-16-4-8-18(27)9-5-16/h4-14,28H,15H2,1-3H3. The molecule has 0 unspecified atom stereocenters. The van der Waals surface area contributed by atoms with Gasteiger partial charge >= 0.3 is 0 Å². The normalized spacial score (nSPS) is 13.4. The summed E-state index contributed by atoms with van der Waals surface area (Å²) in [7, 11) is 4.59. The molecule has 7 nitrogen and oxygen atoms in total. The van der Waals surface area contributed by atoms with Crippen LogP contribution < -0.4 is 19.5 Å². The number of hydrogen-bond acceptors (Lipinski definition) is 6. The van der Waals surface area contributed by atoms with Crippen LogP contribution >= 0.6 is 0 Å². The number of imide groups is 1. The van der Waals surface area contributed by atoms with Crippen LogP contribution in [0.15, 0.2) is 72.4 Å². The number of nitrogens with zero attached hydrogens (tertiary/aromatic N) is 1. The van der Waals surface area contributed by atoms with Gasteiger partial charge in [0.1, 0.15) is 28.8 Å². The summed E-state index contributed by atoms with van der Waals surface area (Å²) in [5.41, 5.74) is 2.00. The monoisotopic (exact) mass is 462 g/mol. The molecule has 8 heteroatoms. The van der Waals surface area contributed by atoms with E-state index in [1.54, 1.807) is 68.8 Å². The number of nitrogens with one attached hydrogen (secondary N) is 1. The maximum atomic E-state index is 13.4. The van der Waals surface area contributed by atoms with Crippen LogP contribution in [0.3, 0.4) is 0 Å². The zero-order valence-corrected chi connectivity index (χ0v) is 18.9. The number of halogens is 1.